The van der Waals surface area contributed by atoms with Gasteiger partial charge < -0.3 is 14.5 Å². The van der Waals surface area contributed by atoms with Crippen LogP contribution < -0.4 is 4.90 Å². The van der Waals surface area contributed by atoms with Crippen molar-refractivity contribution in [3.8, 4) is 0 Å². The summed E-state index contributed by atoms with van der Waals surface area (Å²) in [6.45, 7) is 6.97. The van der Waals surface area contributed by atoms with Crippen LogP contribution in [0.4, 0.5) is 23.7 Å². The molecule has 0 radical (unpaired) electrons. The number of para-hydroxylation sites is 1. The largest absolute Gasteiger partial charge is 0.444 e. The molecule has 0 aliphatic carbocycles. The molecule has 0 spiro atoms. The van der Waals surface area contributed by atoms with Crippen LogP contribution >= 0.6 is 0 Å². The molecule has 7 heteroatoms. The van der Waals surface area contributed by atoms with E-state index in [0.29, 0.717) is 38.0 Å². The Morgan fingerprint density at radius 3 is 2.26 bits per heavy atom. The molecule has 0 unspecified atom stereocenters. The first-order valence-electron chi connectivity index (χ1n) is 10.5. The number of hydrogen-bond donors (Lipinski definition) is 0. The van der Waals surface area contributed by atoms with Gasteiger partial charge in [0, 0.05) is 31.4 Å². The summed E-state index contributed by atoms with van der Waals surface area (Å²) < 4.78 is 44.9. The molecule has 1 aliphatic heterocycles. The molecular formula is C24H29F3N2O2. The van der Waals surface area contributed by atoms with Crippen LogP contribution in [0.5, 0.6) is 0 Å². The topological polar surface area (TPSA) is 32.8 Å². The van der Waals surface area contributed by atoms with E-state index in [-0.39, 0.29) is 12.1 Å². The summed E-state index contributed by atoms with van der Waals surface area (Å²) in [4.78, 5) is 16.2. The van der Waals surface area contributed by atoms with E-state index in [0.717, 1.165) is 11.8 Å². The second-order valence-corrected chi connectivity index (χ2v) is 8.86. The Labute approximate surface area is 181 Å². The molecule has 1 fully saturated rings. The lowest BCUT2D eigenvalue weighted by Crippen LogP contribution is -2.48. The Balaban J connectivity index is 1.75. The molecule has 1 heterocycles. The molecular weight excluding hydrogens is 405 g/mol. The standard InChI is InChI=1S/C24H29F3N2O2/c1-23(2,3)31-22(30)28-14-12-21(13-15-28)29(20-10-5-4-6-11-20)17-18-8-7-9-19(16-18)24(25,26)27/h4-11,16,21H,12-15,17H2,1-3H3. The van der Waals surface area contributed by atoms with Crippen molar-refractivity contribution in [2.75, 3.05) is 18.0 Å². The summed E-state index contributed by atoms with van der Waals surface area (Å²) >= 11 is 0. The molecule has 2 aromatic carbocycles. The van der Waals surface area contributed by atoms with Crippen molar-refractivity contribution in [3.63, 3.8) is 0 Å². The molecule has 1 amide bonds. The van der Waals surface area contributed by atoms with Gasteiger partial charge in [0.05, 0.1) is 5.56 Å². The lowest BCUT2D eigenvalue weighted by atomic mass is 10.0. The van der Waals surface area contributed by atoms with Gasteiger partial charge >= 0.3 is 12.3 Å². The molecule has 4 nitrogen and oxygen atoms in total. The first-order chi connectivity index (χ1) is 14.5. The summed E-state index contributed by atoms with van der Waals surface area (Å²) in [6, 6.07) is 15.3. The van der Waals surface area contributed by atoms with E-state index in [1.165, 1.54) is 12.1 Å². The highest BCUT2D eigenvalue weighted by Gasteiger charge is 2.32. The molecule has 0 aromatic heterocycles. The number of carbonyl (C=O) groups excluding carboxylic acids is 1. The molecule has 168 valence electrons. The predicted octanol–water partition coefficient (Wildman–Crippen LogP) is 6.11. The number of ether oxygens (including phenoxy) is 1. The van der Waals surface area contributed by atoms with Crippen LogP contribution in [-0.4, -0.2) is 35.7 Å². The van der Waals surface area contributed by atoms with E-state index in [2.05, 4.69) is 4.90 Å². The van der Waals surface area contributed by atoms with Gasteiger partial charge in [-0.05, 0) is 63.4 Å². The van der Waals surface area contributed by atoms with Crippen molar-refractivity contribution in [1.29, 1.82) is 0 Å². The Morgan fingerprint density at radius 1 is 1.03 bits per heavy atom. The highest BCUT2D eigenvalue weighted by atomic mass is 19.4. The zero-order valence-corrected chi connectivity index (χ0v) is 18.2. The normalized spacial score (nSPS) is 15.6. The predicted molar refractivity (Wildman–Crippen MR) is 115 cm³/mol. The highest BCUT2D eigenvalue weighted by Crippen LogP contribution is 2.31. The molecule has 2 aromatic rings. The number of rotatable bonds is 4. The van der Waals surface area contributed by atoms with Gasteiger partial charge in [0.25, 0.3) is 0 Å². The maximum Gasteiger partial charge on any atom is 0.416 e. The fourth-order valence-corrected chi connectivity index (χ4v) is 3.78. The van der Waals surface area contributed by atoms with Crippen LogP contribution in [0, 0.1) is 0 Å². The summed E-state index contributed by atoms with van der Waals surface area (Å²) in [6.07, 6.45) is -3.26. The number of anilines is 1. The highest BCUT2D eigenvalue weighted by molar-refractivity contribution is 5.68. The maximum atomic E-state index is 13.2. The third-order valence-electron chi connectivity index (χ3n) is 5.25. The maximum absolute atomic E-state index is 13.2. The van der Waals surface area contributed by atoms with Crippen molar-refractivity contribution in [3.05, 3.63) is 65.7 Å². The monoisotopic (exact) mass is 434 g/mol. The van der Waals surface area contributed by atoms with Crippen LogP contribution in [0.25, 0.3) is 0 Å². The SMILES string of the molecule is CC(C)(C)OC(=O)N1CCC(N(Cc2cccc(C(F)(F)F)c2)c2ccccc2)CC1. The van der Waals surface area contributed by atoms with E-state index in [1.54, 1.807) is 11.0 Å². The molecule has 1 aliphatic rings. The third kappa shape index (κ3) is 6.39. The van der Waals surface area contributed by atoms with Gasteiger partial charge in [0.2, 0.25) is 0 Å². The molecule has 0 atom stereocenters. The molecule has 0 bridgehead atoms. The first kappa shape index (κ1) is 23.0. The summed E-state index contributed by atoms with van der Waals surface area (Å²) in [5, 5.41) is 0. The van der Waals surface area contributed by atoms with Gasteiger partial charge in [-0.2, -0.15) is 13.2 Å². The number of amides is 1. The minimum absolute atomic E-state index is 0.107. The summed E-state index contributed by atoms with van der Waals surface area (Å²) in [7, 11) is 0. The molecule has 3 rings (SSSR count). The average Bonchev–Trinajstić information content (AvgIpc) is 2.71. The summed E-state index contributed by atoms with van der Waals surface area (Å²) in [5.74, 6) is 0. The molecule has 1 saturated heterocycles. The zero-order chi connectivity index (χ0) is 22.6. The number of halogens is 3. The van der Waals surface area contributed by atoms with E-state index < -0.39 is 17.3 Å². The molecule has 31 heavy (non-hydrogen) atoms. The van der Waals surface area contributed by atoms with E-state index in [4.69, 9.17) is 4.74 Å². The van der Waals surface area contributed by atoms with Gasteiger partial charge in [0.1, 0.15) is 5.60 Å². The quantitative estimate of drug-likeness (QED) is 0.582. The Hall–Kier alpha value is -2.70. The van der Waals surface area contributed by atoms with E-state index in [9.17, 15) is 18.0 Å². The van der Waals surface area contributed by atoms with Crippen molar-refractivity contribution in [2.24, 2.45) is 0 Å². The van der Waals surface area contributed by atoms with Gasteiger partial charge in [-0.15, -0.1) is 0 Å². The van der Waals surface area contributed by atoms with Crippen molar-refractivity contribution in [2.45, 2.75) is 58.0 Å². The van der Waals surface area contributed by atoms with Gasteiger partial charge in [-0.3, -0.25) is 0 Å². The van der Waals surface area contributed by atoms with Gasteiger partial charge in [-0.1, -0.05) is 30.3 Å². The van der Waals surface area contributed by atoms with Gasteiger partial charge in [-0.25, -0.2) is 4.79 Å². The minimum Gasteiger partial charge on any atom is -0.444 e. The molecule has 0 N–H and O–H groups in total. The number of carbonyl (C=O) groups is 1. The Morgan fingerprint density at radius 2 is 1.68 bits per heavy atom. The number of alkyl halides is 3. The second-order valence-electron chi connectivity index (χ2n) is 8.86. The molecule has 0 saturated carbocycles. The third-order valence-corrected chi connectivity index (χ3v) is 5.25. The summed E-state index contributed by atoms with van der Waals surface area (Å²) in [5.41, 5.74) is 0.370. The van der Waals surface area contributed by atoms with Crippen LogP contribution in [0.3, 0.4) is 0 Å². The van der Waals surface area contributed by atoms with Crippen molar-refractivity contribution < 1.29 is 22.7 Å². The average molecular weight is 435 g/mol. The van der Waals surface area contributed by atoms with Crippen molar-refractivity contribution in [1.82, 2.24) is 4.90 Å². The van der Waals surface area contributed by atoms with Crippen molar-refractivity contribution >= 4 is 11.8 Å². The van der Waals surface area contributed by atoms with Crippen LogP contribution in [0.1, 0.15) is 44.7 Å². The van der Waals surface area contributed by atoms with E-state index >= 15 is 0 Å². The zero-order valence-electron chi connectivity index (χ0n) is 18.2. The Kier molecular flexibility index (Phi) is 6.82. The smallest absolute Gasteiger partial charge is 0.416 e. The Bertz CT molecular complexity index is 870. The van der Waals surface area contributed by atoms with Crippen LogP contribution in [0.2, 0.25) is 0 Å². The van der Waals surface area contributed by atoms with Crippen LogP contribution in [0.15, 0.2) is 54.6 Å². The van der Waals surface area contributed by atoms with Crippen LogP contribution in [-0.2, 0) is 17.5 Å². The number of piperidine rings is 1. The fraction of sp³-hybridized carbons (Fsp3) is 0.458. The minimum atomic E-state index is -4.37. The lowest BCUT2D eigenvalue weighted by molar-refractivity contribution is -0.137. The number of hydrogen-bond acceptors (Lipinski definition) is 3. The number of benzene rings is 2. The fourth-order valence-electron chi connectivity index (χ4n) is 3.78. The second kappa shape index (κ2) is 9.20. The first-order valence-corrected chi connectivity index (χ1v) is 10.5. The lowest BCUT2D eigenvalue weighted by Gasteiger charge is -2.40. The number of nitrogens with zero attached hydrogens (tertiary/aromatic N) is 2. The van der Waals surface area contributed by atoms with Gasteiger partial charge in [0.15, 0.2) is 0 Å². The number of likely N-dealkylation sites (tertiary alicyclic amines) is 1. The van der Waals surface area contributed by atoms with E-state index in [1.807, 2.05) is 51.1 Å².